The van der Waals surface area contributed by atoms with E-state index in [9.17, 15) is 14.4 Å². The van der Waals surface area contributed by atoms with Gasteiger partial charge in [0.2, 0.25) is 11.8 Å². The molecule has 0 aliphatic heterocycles. The van der Waals surface area contributed by atoms with E-state index in [0.717, 1.165) is 0 Å². The van der Waals surface area contributed by atoms with Gasteiger partial charge in [-0.05, 0) is 25.7 Å². The van der Waals surface area contributed by atoms with Crippen molar-refractivity contribution in [2.24, 2.45) is 5.41 Å². The number of rotatable bonds is 7. The fourth-order valence-corrected chi connectivity index (χ4v) is 1.63. The quantitative estimate of drug-likeness (QED) is 0.657. The van der Waals surface area contributed by atoms with Gasteiger partial charge in [-0.25, -0.2) is 0 Å². The molecule has 0 spiro atoms. The molecule has 3 N–H and O–H groups in total. The van der Waals surface area contributed by atoms with Gasteiger partial charge in [0.1, 0.15) is 0 Å². The summed E-state index contributed by atoms with van der Waals surface area (Å²) in [6.07, 6.45) is 0.677. The number of carboxylic acid groups (broad SMARTS) is 1. The predicted octanol–water partition coefficient (Wildman–Crippen LogP) is 1.30. The highest BCUT2D eigenvalue weighted by atomic mass is 16.4. The smallest absolute Gasteiger partial charge is 0.303 e. The standard InChI is InChI=1S/C14H26N2O4/c1-13(2,3)8-10(17)15-9-11(18)16-14(4,5)7-6-12(19)20/h6-9H2,1-5H3,(H,15,17)(H,16,18)(H,19,20). The molecule has 20 heavy (non-hydrogen) atoms. The van der Waals surface area contributed by atoms with Crippen LogP contribution in [0.5, 0.6) is 0 Å². The first kappa shape index (κ1) is 18.4. The van der Waals surface area contributed by atoms with E-state index >= 15 is 0 Å². The van der Waals surface area contributed by atoms with E-state index in [4.69, 9.17) is 5.11 Å². The van der Waals surface area contributed by atoms with Crippen molar-refractivity contribution in [1.29, 1.82) is 0 Å². The molecular weight excluding hydrogens is 260 g/mol. The van der Waals surface area contributed by atoms with Gasteiger partial charge in [-0.3, -0.25) is 14.4 Å². The fraction of sp³-hybridized carbons (Fsp3) is 0.786. The van der Waals surface area contributed by atoms with Crippen molar-refractivity contribution in [3.63, 3.8) is 0 Å². The first-order valence-electron chi connectivity index (χ1n) is 6.71. The van der Waals surface area contributed by atoms with Crippen LogP contribution in [0.4, 0.5) is 0 Å². The molecule has 0 unspecified atom stereocenters. The molecule has 0 aromatic carbocycles. The van der Waals surface area contributed by atoms with Crippen LogP contribution in [0.3, 0.4) is 0 Å². The van der Waals surface area contributed by atoms with Crippen LogP contribution in [0, 0.1) is 5.41 Å². The van der Waals surface area contributed by atoms with E-state index < -0.39 is 11.5 Å². The molecule has 0 rings (SSSR count). The van der Waals surface area contributed by atoms with Crippen molar-refractivity contribution in [2.75, 3.05) is 6.54 Å². The molecule has 6 heteroatoms. The van der Waals surface area contributed by atoms with E-state index in [-0.39, 0.29) is 30.2 Å². The number of nitrogens with one attached hydrogen (secondary N) is 2. The molecule has 0 heterocycles. The first-order chi connectivity index (χ1) is 8.91. The second-order valence-corrected chi connectivity index (χ2v) is 6.84. The summed E-state index contributed by atoms with van der Waals surface area (Å²) in [6.45, 7) is 9.26. The van der Waals surface area contributed by atoms with Gasteiger partial charge in [0.15, 0.2) is 0 Å². The Balaban J connectivity index is 4.10. The van der Waals surface area contributed by atoms with E-state index in [2.05, 4.69) is 10.6 Å². The zero-order chi connectivity index (χ0) is 16.0. The van der Waals surface area contributed by atoms with Crippen molar-refractivity contribution < 1.29 is 19.5 Å². The minimum atomic E-state index is -0.897. The zero-order valence-electron chi connectivity index (χ0n) is 13.0. The zero-order valence-corrected chi connectivity index (χ0v) is 13.0. The largest absolute Gasteiger partial charge is 0.481 e. The lowest BCUT2D eigenvalue weighted by molar-refractivity contribution is -0.137. The van der Waals surface area contributed by atoms with Crippen molar-refractivity contribution in [3.8, 4) is 0 Å². The SMILES string of the molecule is CC(C)(C)CC(=O)NCC(=O)NC(C)(C)CCC(=O)O. The number of carbonyl (C=O) groups is 3. The highest BCUT2D eigenvalue weighted by molar-refractivity contribution is 5.85. The van der Waals surface area contributed by atoms with Gasteiger partial charge in [0.25, 0.3) is 0 Å². The van der Waals surface area contributed by atoms with E-state index in [1.165, 1.54) is 0 Å². The Hall–Kier alpha value is -1.59. The molecular formula is C14H26N2O4. The average molecular weight is 286 g/mol. The second-order valence-electron chi connectivity index (χ2n) is 6.84. The maximum Gasteiger partial charge on any atom is 0.303 e. The number of hydrogen-bond donors (Lipinski definition) is 3. The van der Waals surface area contributed by atoms with Crippen molar-refractivity contribution in [2.45, 2.75) is 59.4 Å². The Labute approximate surface area is 120 Å². The van der Waals surface area contributed by atoms with Gasteiger partial charge < -0.3 is 15.7 Å². The second kappa shape index (κ2) is 7.26. The lowest BCUT2D eigenvalue weighted by Gasteiger charge is -2.26. The van der Waals surface area contributed by atoms with Crippen molar-refractivity contribution in [1.82, 2.24) is 10.6 Å². The fourth-order valence-electron chi connectivity index (χ4n) is 1.63. The number of hydrogen-bond acceptors (Lipinski definition) is 3. The minimum Gasteiger partial charge on any atom is -0.481 e. The Morgan fingerprint density at radius 2 is 1.55 bits per heavy atom. The molecule has 0 atom stereocenters. The Morgan fingerprint density at radius 1 is 1.00 bits per heavy atom. The average Bonchev–Trinajstić information content (AvgIpc) is 2.21. The molecule has 0 saturated heterocycles. The maximum absolute atomic E-state index is 11.7. The summed E-state index contributed by atoms with van der Waals surface area (Å²) < 4.78 is 0. The lowest BCUT2D eigenvalue weighted by atomic mass is 9.92. The van der Waals surface area contributed by atoms with Crippen molar-refractivity contribution in [3.05, 3.63) is 0 Å². The van der Waals surface area contributed by atoms with E-state index in [0.29, 0.717) is 12.8 Å². The molecule has 0 radical (unpaired) electrons. The summed E-state index contributed by atoms with van der Waals surface area (Å²) in [5.41, 5.74) is -0.731. The molecule has 0 saturated carbocycles. The molecule has 0 fully saturated rings. The van der Waals surface area contributed by atoms with Crippen LogP contribution in [0.1, 0.15) is 53.9 Å². The number of aliphatic carboxylic acids is 1. The first-order valence-corrected chi connectivity index (χ1v) is 6.71. The maximum atomic E-state index is 11.7. The molecule has 6 nitrogen and oxygen atoms in total. The van der Waals surface area contributed by atoms with Gasteiger partial charge in [-0.15, -0.1) is 0 Å². The molecule has 116 valence electrons. The van der Waals surface area contributed by atoms with Crippen LogP contribution in [0.25, 0.3) is 0 Å². The highest BCUT2D eigenvalue weighted by Crippen LogP contribution is 2.17. The normalized spacial score (nSPS) is 11.8. The highest BCUT2D eigenvalue weighted by Gasteiger charge is 2.22. The van der Waals surface area contributed by atoms with Gasteiger partial charge in [-0.1, -0.05) is 20.8 Å². The van der Waals surface area contributed by atoms with E-state index in [1.807, 2.05) is 20.8 Å². The molecule has 0 aromatic rings. The third-order valence-electron chi connectivity index (χ3n) is 2.58. The summed E-state index contributed by atoms with van der Waals surface area (Å²) in [5, 5.41) is 13.9. The summed E-state index contributed by atoms with van der Waals surface area (Å²) in [5.74, 6) is -1.38. The molecule has 0 bridgehead atoms. The lowest BCUT2D eigenvalue weighted by Crippen LogP contribution is -2.48. The third-order valence-corrected chi connectivity index (χ3v) is 2.58. The van der Waals surface area contributed by atoms with Gasteiger partial charge >= 0.3 is 5.97 Å². The number of amides is 2. The molecule has 0 aromatic heterocycles. The van der Waals surface area contributed by atoms with Gasteiger partial charge in [0.05, 0.1) is 6.54 Å². The van der Waals surface area contributed by atoms with Gasteiger partial charge in [-0.2, -0.15) is 0 Å². The van der Waals surface area contributed by atoms with Gasteiger partial charge in [0, 0.05) is 18.4 Å². The monoisotopic (exact) mass is 286 g/mol. The summed E-state index contributed by atoms with van der Waals surface area (Å²) in [7, 11) is 0. The van der Waals surface area contributed by atoms with Crippen LogP contribution >= 0.6 is 0 Å². The summed E-state index contributed by atoms with van der Waals surface area (Å²) in [6, 6.07) is 0. The van der Waals surface area contributed by atoms with Crippen LogP contribution in [-0.2, 0) is 14.4 Å². The topological polar surface area (TPSA) is 95.5 Å². The van der Waals surface area contributed by atoms with Crippen LogP contribution in [-0.4, -0.2) is 35.0 Å². The van der Waals surface area contributed by atoms with E-state index in [1.54, 1.807) is 13.8 Å². The van der Waals surface area contributed by atoms with Crippen LogP contribution < -0.4 is 10.6 Å². The molecule has 2 amide bonds. The number of carboxylic acids is 1. The predicted molar refractivity (Wildman–Crippen MR) is 76.2 cm³/mol. The molecule has 0 aliphatic rings. The Morgan fingerprint density at radius 3 is 2.00 bits per heavy atom. The Kier molecular flexibility index (Phi) is 6.68. The third kappa shape index (κ3) is 10.3. The summed E-state index contributed by atoms with van der Waals surface area (Å²) >= 11 is 0. The minimum absolute atomic E-state index is 0.0103. The number of carbonyl (C=O) groups excluding carboxylic acids is 2. The molecule has 0 aliphatic carbocycles. The summed E-state index contributed by atoms with van der Waals surface area (Å²) in [4.78, 5) is 33.8. The Bertz CT molecular complexity index is 370. The van der Waals surface area contributed by atoms with Crippen molar-refractivity contribution >= 4 is 17.8 Å². The van der Waals surface area contributed by atoms with Crippen LogP contribution in [0.15, 0.2) is 0 Å². The van der Waals surface area contributed by atoms with Crippen LogP contribution in [0.2, 0.25) is 0 Å².